The van der Waals surface area contributed by atoms with Gasteiger partial charge >= 0.3 is 6.03 Å². The number of amides is 3. The number of imide groups is 1. The Kier molecular flexibility index (Phi) is 3.40. The summed E-state index contributed by atoms with van der Waals surface area (Å²) in [5, 5.41) is 2.46. The Morgan fingerprint density at radius 3 is 2.53 bits per heavy atom. The number of hydrogen-bond donors (Lipinski definition) is 1. The molecule has 1 saturated carbocycles. The fourth-order valence-electron chi connectivity index (χ4n) is 3.16. The largest absolute Gasteiger partial charge is 0.324 e. The molecule has 1 N–H and O–H groups in total. The molecule has 0 aromatic rings. The van der Waals surface area contributed by atoms with Crippen molar-refractivity contribution in [2.75, 3.05) is 6.54 Å². The first kappa shape index (κ1) is 12.4. The highest BCUT2D eigenvalue weighted by molar-refractivity contribution is 5.97. The lowest BCUT2D eigenvalue weighted by Gasteiger charge is -2.43. The Labute approximate surface area is 103 Å². The van der Waals surface area contributed by atoms with Gasteiger partial charge in [-0.2, -0.15) is 0 Å². The van der Waals surface area contributed by atoms with Gasteiger partial charge in [-0.05, 0) is 31.1 Å². The molecule has 4 unspecified atom stereocenters. The third-order valence-electron chi connectivity index (χ3n) is 4.20. The Balaban J connectivity index is 2.06. The van der Waals surface area contributed by atoms with E-state index in [0.717, 1.165) is 12.3 Å². The molecule has 1 heterocycles. The molecule has 1 aliphatic heterocycles. The first-order chi connectivity index (χ1) is 7.99. The zero-order valence-corrected chi connectivity index (χ0v) is 10.9. The Morgan fingerprint density at radius 1 is 1.18 bits per heavy atom. The summed E-state index contributed by atoms with van der Waals surface area (Å²) >= 11 is 0. The number of urea groups is 1. The van der Waals surface area contributed by atoms with E-state index in [-0.39, 0.29) is 17.9 Å². The van der Waals surface area contributed by atoms with E-state index in [1.54, 1.807) is 0 Å². The average molecular weight is 238 g/mol. The lowest BCUT2D eigenvalue weighted by molar-refractivity contribution is -0.126. The lowest BCUT2D eigenvalue weighted by Crippen LogP contribution is -2.59. The molecule has 0 aromatic heterocycles. The van der Waals surface area contributed by atoms with Crippen molar-refractivity contribution in [2.45, 2.75) is 46.1 Å². The van der Waals surface area contributed by atoms with Crippen LogP contribution in [-0.2, 0) is 4.79 Å². The molecule has 96 valence electrons. The number of carbonyl (C=O) groups excluding carboxylic acids is 2. The van der Waals surface area contributed by atoms with Crippen LogP contribution in [0.2, 0.25) is 0 Å². The third-order valence-corrected chi connectivity index (χ3v) is 4.20. The van der Waals surface area contributed by atoms with Crippen molar-refractivity contribution in [3.05, 3.63) is 0 Å². The smallest absolute Gasteiger partial charge is 0.320 e. The van der Waals surface area contributed by atoms with Gasteiger partial charge in [-0.3, -0.25) is 10.1 Å². The third kappa shape index (κ3) is 2.45. The average Bonchev–Trinajstić information content (AvgIpc) is 2.24. The van der Waals surface area contributed by atoms with Gasteiger partial charge in [0.15, 0.2) is 0 Å². The number of hydrogen-bond acceptors (Lipinski definition) is 2. The van der Waals surface area contributed by atoms with Gasteiger partial charge in [0, 0.05) is 12.6 Å². The maximum absolute atomic E-state index is 11.9. The summed E-state index contributed by atoms with van der Waals surface area (Å²) in [6.45, 7) is 6.95. The van der Waals surface area contributed by atoms with Crippen molar-refractivity contribution in [3.8, 4) is 0 Å². The molecule has 2 aliphatic rings. The Hall–Kier alpha value is -1.06. The minimum Gasteiger partial charge on any atom is -0.320 e. The molecule has 2 fully saturated rings. The second kappa shape index (κ2) is 4.67. The molecular weight excluding hydrogens is 216 g/mol. The molecule has 0 aromatic carbocycles. The Bertz CT molecular complexity index is 329. The normalized spacial score (nSPS) is 39.1. The lowest BCUT2D eigenvalue weighted by atomic mass is 9.79. The van der Waals surface area contributed by atoms with Gasteiger partial charge in [-0.1, -0.05) is 20.8 Å². The highest BCUT2D eigenvalue weighted by Gasteiger charge is 2.37. The summed E-state index contributed by atoms with van der Waals surface area (Å²) in [4.78, 5) is 25.2. The van der Waals surface area contributed by atoms with Crippen LogP contribution in [0.5, 0.6) is 0 Å². The summed E-state index contributed by atoms with van der Waals surface area (Å²) in [7, 11) is 0. The first-order valence-electron chi connectivity index (χ1n) is 6.60. The minimum atomic E-state index is -0.195. The van der Waals surface area contributed by atoms with Gasteiger partial charge in [0.2, 0.25) is 5.91 Å². The van der Waals surface area contributed by atoms with E-state index in [0.29, 0.717) is 18.5 Å². The van der Waals surface area contributed by atoms with E-state index in [1.165, 1.54) is 12.8 Å². The summed E-state index contributed by atoms with van der Waals surface area (Å²) in [6, 6.07) is 0.112. The zero-order chi connectivity index (χ0) is 12.6. The SMILES string of the molecule is CC1CCC(N2CC(C)C(=O)NC2=O)C(C)C1. The van der Waals surface area contributed by atoms with Crippen molar-refractivity contribution >= 4 is 11.9 Å². The highest BCUT2D eigenvalue weighted by Crippen LogP contribution is 2.33. The fourth-order valence-corrected chi connectivity index (χ4v) is 3.16. The summed E-state index contributed by atoms with van der Waals surface area (Å²) in [5.41, 5.74) is 0. The van der Waals surface area contributed by atoms with Crippen molar-refractivity contribution in [3.63, 3.8) is 0 Å². The van der Waals surface area contributed by atoms with Crippen LogP contribution in [0.15, 0.2) is 0 Å². The molecule has 4 atom stereocenters. The van der Waals surface area contributed by atoms with Crippen LogP contribution < -0.4 is 5.32 Å². The van der Waals surface area contributed by atoms with Crippen molar-refractivity contribution in [1.82, 2.24) is 10.2 Å². The summed E-state index contributed by atoms with van der Waals surface area (Å²) in [5.74, 6) is 1.07. The minimum absolute atomic E-state index is 0.0840. The van der Waals surface area contributed by atoms with E-state index >= 15 is 0 Å². The van der Waals surface area contributed by atoms with Crippen LogP contribution in [0, 0.1) is 17.8 Å². The number of carbonyl (C=O) groups is 2. The molecule has 0 radical (unpaired) electrons. The molecule has 0 bridgehead atoms. The fraction of sp³-hybridized carbons (Fsp3) is 0.846. The van der Waals surface area contributed by atoms with Gasteiger partial charge in [0.1, 0.15) is 0 Å². The van der Waals surface area contributed by atoms with Crippen LogP contribution in [0.25, 0.3) is 0 Å². The molecule has 1 aliphatic carbocycles. The monoisotopic (exact) mass is 238 g/mol. The van der Waals surface area contributed by atoms with E-state index in [2.05, 4.69) is 19.2 Å². The molecule has 0 spiro atoms. The van der Waals surface area contributed by atoms with Crippen LogP contribution in [0.3, 0.4) is 0 Å². The molecule has 4 heteroatoms. The number of nitrogens with zero attached hydrogens (tertiary/aromatic N) is 1. The second-order valence-corrected chi connectivity index (χ2v) is 5.81. The zero-order valence-electron chi connectivity index (χ0n) is 10.9. The standard InChI is InChI=1S/C13H22N2O2/c1-8-4-5-11(9(2)6-8)15-7-10(3)12(16)14-13(15)17/h8-11H,4-7H2,1-3H3,(H,14,16,17). The molecule has 4 nitrogen and oxygen atoms in total. The van der Waals surface area contributed by atoms with Crippen LogP contribution in [0.4, 0.5) is 4.79 Å². The van der Waals surface area contributed by atoms with Crippen molar-refractivity contribution in [1.29, 1.82) is 0 Å². The van der Waals surface area contributed by atoms with E-state index in [4.69, 9.17) is 0 Å². The predicted octanol–water partition coefficient (Wildman–Crippen LogP) is 2.00. The molecular formula is C13H22N2O2. The van der Waals surface area contributed by atoms with Crippen molar-refractivity contribution < 1.29 is 9.59 Å². The number of nitrogens with one attached hydrogen (secondary N) is 1. The van der Waals surface area contributed by atoms with Gasteiger partial charge < -0.3 is 4.90 Å². The van der Waals surface area contributed by atoms with Gasteiger partial charge in [-0.15, -0.1) is 0 Å². The molecule has 17 heavy (non-hydrogen) atoms. The summed E-state index contributed by atoms with van der Waals surface area (Å²) < 4.78 is 0. The first-order valence-corrected chi connectivity index (χ1v) is 6.60. The molecule has 3 amide bonds. The van der Waals surface area contributed by atoms with Crippen LogP contribution >= 0.6 is 0 Å². The quantitative estimate of drug-likeness (QED) is 0.759. The number of rotatable bonds is 1. The van der Waals surface area contributed by atoms with Crippen LogP contribution in [-0.4, -0.2) is 29.4 Å². The van der Waals surface area contributed by atoms with Crippen molar-refractivity contribution in [2.24, 2.45) is 17.8 Å². The maximum atomic E-state index is 11.9. The van der Waals surface area contributed by atoms with Crippen LogP contribution in [0.1, 0.15) is 40.0 Å². The van der Waals surface area contributed by atoms with E-state index < -0.39 is 0 Å². The topological polar surface area (TPSA) is 49.4 Å². The van der Waals surface area contributed by atoms with E-state index in [9.17, 15) is 9.59 Å². The molecule has 2 rings (SSSR count). The van der Waals surface area contributed by atoms with E-state index in [1.807, 2.05) is 11.8 Å². The van der Waals surface area contributed by atoms with Gasteiger partial charge in [0.05, 0.1) is 5.92 Å². The Morgan fingerprint density at radius 2 is 1.88 bits per heavy atom. The second-order valence-electron chi connectivity index (χ2n) is 5.81. The highest BCUT2D eigenvalue weighted by atomic mass is 16.2. The molecule has 1 saturated heterocycles. The maximum Gasteiger partial charge on any atom is 0.324 e. The van der Waals surface area contributed by atoms with Gasteiger partial charge in [-0.25, -0.2) is 4.79 Å². The predicted molar refractivity (Wildman–Crippen MR) is 65.4 cm³/mol. The summed E-state index contributed by atoms with van der Waals surface area (Å²) in [6.07, 6.45) is 3.43. The van der Waals surface area contributed by atoms with Gasteiger partial charge in [0.25, 0.3) is 0 Å².